The van der Waals surface area contributed by atoms with Gasteiger partial charge in [-0.15, -0.1) is 0 Å². The van der Waals surface area contributed by atoms with E-state index < -0.39 is 20.0 Å². The van der Waals surface area contributed by atoms with Crippen molar-refractivity contribution in [3.05, 3.63) is 24.3 Å². The van der Waals surface area contributed by atoms with E-state index in [4.69, 9.17) is 13.8 Å². The van der Waals surface area contributed by atoms with Crippen LogP contribution in [0.25, 0.3) is 0 Å². The van der Waals surface area contributed by atoms with Gasteiger partial charge in [0.05, 0.1) is 33.8 Å². The molecule has 0 aliphatic carbocycles. The Bertz CT molecular complexity index is 1470. The van der Waals surface area contributed by atoms with Gasteiger partial charge in [0, 0.05) is 12.8 Å². The predicted octanol–water partition coefficient (Wildman–Crippen LogP) is 22.6. The number of rotatable bonds is 68. The van der Waals surface area contributed by atoms with Gasteiger partial charge in [-0.2, -0.15) is 0 Å². The molecule has 0 aromatic carbocycles. The molecule has 0 saturated carbocycles. The van der Waals surface area contributed by atoms with Crippen LogP contribution >= 0.6 is 7.82 Å². The Kier molecular flexibility index (Phi) is 62.4. The highest BCUT2D eigenvalue weighted by Crippen LogP contribution is 2.38. The van der Waals surface area contributed by atoms with Gasteiger partial charge in [0.1, 0.15) is 19.3 Å². The lowest BCUT2D eigenvalue weighted by atomic mass is 10.0. The van der Waals surface area contributed by atoms with Crippen molar-refractivity contribution in [2.75, 3.05) is 40.9 Å². The molecule has 3 unspecified atom stereocenters. The average molecular weight is 1190 g/mol. The van der Waals surface area contributed by atoms with Gasteiger partial charge < -0.3 is 28.5 Å². The van der Waals surface area contributed by atoms with E-state index in [9.17, 15) is 19.0 Å². The standard InChI is InChI=1S/C73H143N2O7P/c1-7-10-13-16-19-22-25-28-30-32-34-36-37-39-40-42-44-47-50-53-56-59-62-65-72(76)74-70(69-81-83(78,79)80-68-67-75(4,5)6)71(64-61-58-55-52-49-46-27-24-21-18-15-12-9-3)82-73(77)66-63-60-57-54-51-48-45-43-41-38-35-33-31-29-26-23-20-17-14-11-8-2/h28,30,61,64,70-71H,7-27,29,31-60,62-63,65-69H2,1-6H3,(H-,74,76,78,79)/b30-28+,64-61+. The maximum Gasteiger partial charge on any atom is 0.306 e. The molecular formula is C73H143N2O7P. The first-order valence-electron chi connectivity index (χ1n) is 36.6. The van der Waals surface area contributed by atoms with E-state index in [-0.39, 0.29) is 31.5 Å². The van der Waals surface area contributed by atoms with Gasteiger partial charge in [0.25, 0.3) is 7.82 Å². The van der Waals surface area contributed by atoms with Gasteiger partial charge in [0.15, 0.2) is 0 Å². The van der Waals surface area contributed by atoms with Crippen molar-refractivity contribution in [2.45, 2.75) is 392 Å². The first kappa shape index (κ1) is 81.5. The van der Waals surface area contributed by atoms with Crippen molar-refractivity contribution in [2.24, 2.45) is 0 Å². The van der Waals surface area contributed by atoms with E-state index in [1.54, 1.807) is 0 Å². The van der Waals surface area contributed by atoms with E-state index >= 15 is 0 Å². The van der Waals surface area contributed by atoms with E-state index in [0.717, 1.165) is 57.8 Å². The van der Waals surface area contributed by atoms with Crippen LogP contribution in [0.15, 0.2) is 24.3 Å². The molecule has 3 atom stereocenters. The van der Waals surface area contributed by atoms with Crippen molar-refractivity contribution < 1.29 is 37.3 Å². The van der Waals surface area contributed by atoms with Gasteiger partial charge in [0.2, 0.25) is 5.91 Å². The topological polar surface area (TPSA) is 114 Å². The number of quaternary nitrogens is 1. The molecule has 0 aromatic heterocycles. The number of hydrogen-bond acceptors (Lipinski definition) is 7. The highest BCUT2D eigenvalue weighted by atomic mass is 31.2. The minimum atomic E-state index is -4.70. The lowest BCUT2D eigenvalue weighted by Gasteiger charge is -2.30. The Balaban J connectivity index is 5.05. The molecule has 1 N–H and O–H groups in total. The number of amides is 1. The number of likely N-dealkylation sites (N-methyl/N-ethyl adjacent to an activating group) is 1. The van der Waals surface area contributed by atoms with Crippen LogP contribution < -0.4 is 10.2 Å². The van der Waals surface area contributed by atoms with Gasteiger partial charge >= 0.3 is 5.97 Å². The summed E-state index contributed by atoms with van der Waals surface area (Å²) in [5, 5.41) is 3.06. The van der Waals surface area contributed by atoms with Crippen LogP contribution in [-0.2, 0) is 27.9 Å². The smallest absolute Gasteiger partial charge is 0.306 e. The first-order chi connectivity index (χ1) is 40.4. The molecule has 0 rings (SSSR count). The number of allylic oxidation sites excluding steroid dienone is 3. The Hall–Kier alpha value is -1.51. The third-order valence-corrected chi connectivity index (χ3v) is 17.8. The van der Waals surface area contributed by atoms with Gasteiger partial charge in [-0.05, 0) is 57.4 Å². The molecule has 0 saturated heterocycles. The summed E-state index contributed by atoms with van der Waals surface area (Å²) in [7, 11) is 1.21. The summed E-state index contributed by atoms with van der Waals surface area (Å²) >= 11 is 0. The SMILES string of the molecule is CCCCCCCC/C=C/CCCCCCCCCCCCCCCC(=O)NC(COP(=O)([O-])OCC[N+](C)(C)C)C(/C=C/CCCCCCCCCCCCC)OC(=O)CCCCCCCCCCCCCCCCCCCCCCC. The van der Waals surface area contributed by atoms with Crippen molar-refractivity contribution in [3.63, 3.8) is 0 Å². The number of ether oxygens (including phenoxy) is 1. The molecule has 1 amide bonds. The maximum absolute atomic E-state index is 13.6. The Labute approximate surface area is 517 Å². The lowest BCUT2D eigenvalue weighted by molar-refractivity contribution is -0.870. The number of carbonyl (C=O) groups excluding carboxylic acids is 2. The third-order valence-electron chi connectivity index (χ3n) is 16.9. The zero-order chi connectivity index (χ0) is 60.7. The summed E-state index contributed by atoms with van der Waals surface area (Å²) in [6.07, 6.45) is 77.3. The number of carbonyl (C=O) groups is 2. The molecule has 0 fully saturated rings. The largest absolute Gasteiger partial charge is 0.756 e. The van der Waals surface area contributed by atoms with Crippen LogP contribution in [0.2, 0.25) is 0 Å². The first-order valence-corrected chi connectivity index (χ1v) is 38.1. The van der Waals surface area contributed by atoms with Crippen molar-refractivity contribution in [3.8, 4) is 0 Å². The summed E-state index contributed by atoms with van der Waals surface area (Å²) < 4.78 is 30.5. The summed E-state index contributed by atoms with van der Waals surface area (Å²) in [5.41, 5.74) is 0. The molecule has 0 radical (unpaired) electrons. The minimum absolute atomic E-state index is 0.0179. The second-order valence-electron chi connectivity index (χ2n) is 26.5. The Morgan fingerprint density at radius 1 is 0.410 bits per heavy atom. The maximum atomic E-state index is 13.6. The number of nitrogens with zero attached hydrogens (tertiary/aromatic N) is 1. The molecule has 0 bridgehead atoms. The van der Waals surface area contributed by atoms with Crippen LogP contribution in [0.1, 0.15) is 380 Å². The van der Waals surface area contributed by atoms with E-state index in [2.05, 4.69) is 38.2 Å². The summed E-state index contributed by atoms with van der Waals surface area (Å²) in [6, 6.07) is -0.884. The lowest BCUT2D eigenvalue weighted by Crippen LogP contribution is -2.47. The van der Waals surface area contributed by atoms with Crippen LogP contribution in [0.5, 0.6) is 0 Å². The van der Waals surface area contributed by atoms with Gasteiger partial charge in [-0.25, -0.2) is 0 Å². The summed E-state index contributed by atoms with van der Waals surface area (Å²) in [5.74, 6) is -0.516. The fourth-order valence-corrected chi connectivity index (χ4v) is 12.0. The molecule has 0 heterocycles. The summed E-state index contributed by atoms with van der Waals surface area (Å²) in [6.45, 7) is 6.92. The molecular weight excluding hydrogens is 1050 g/mol. The Morgan fingerprint density at radius 3 is 1.02 bits per heavy atom. The van der Waals surface area contributed by atoms with Gasteiger partial charge in [-0.3, -0.25) is 14.2 Å². The van der Waals surface area contributed by atoms with E-state index in [1.807, 2.05) is 33.3 Å². The number of esters is 1. The number of nitrogens with one attached hydrogen (secondary N) is 1. The second kappa shape index (κ2) is 63.5. The quantitative estimate of drug-likeness (QED) is 0.0212. The highest BCUT2D eigenvalue weighted by molar-refractivity contribution is 7.45. The molecule has 0 aliphatic heterocycles. The van der Waals surface area contributed by atoms with E-state index in [1.165, 1.54) is 289 Å². The second-order valence-corrected chi connectivity index (χ2v) is 27.9. The van der Waals surface area contributed by atoms with Crippen molar-refractivity contribution >= 4 is 19.7 Å². The Morgan fingerprint density at radius 2 is 0.699 bits per heavy atom. The monoisotopic (exact) mass is 1190 g/mol. The highest BCUT2D eigenvalue weighted by Gasteiger charge is 2.27. The molecule has 83 heavy (non-hydrogen) atoms. The number of unbranched alkanes of at least 4 members (excludes halogenated alkanes) is 50. The zero-order valence-corrected chi connectivity index (χ0v) is 57.3. The molecule has 10 heteroatoms. The van der Waals surface area contributed by atoms with Crippen LogP contribution in [-0.4, -0.2) is 69.4 Å². The normalized spacial score (nSPS) is 13.6. The third kappa shape index (κ3) is 64.8. The van der Waals surface area contributed by atoms with Gasteiger partial charge in [-0.1, -0.05) is 334 Å². The minimum Gasteiger partial charge on any atom is -0.756 e. The summed E-state index contributed by atoms with van der Waals surface area (Å²) in [4.78, 5) is 40.2. The zero-order valence-electron chi connectivity index (χ0n) is 56.4. The van der Waals surface area contributed by atoms with Crippen molar-refractivity contribution in [1.29, 1.82) is 0 Å². The van der Waals surface area contributed by atoms with Crippen molar-refractivity contribution in [1.82, 2.24) is 5.32 Å². The number of hydrogen-bond donors (Lipinski definition) is 1. The average Bonchev–Trinajstić information content (AvgIpc) is 3.46. The molecule has 0 aliphatic rings. The molecule has 0 aromatic rings. The van der Waals surface area contributed by atoms with E-state index in [0.29, 0.717) is 17.4 Å². The number of phosphoric acid groups is 1. The van der Waals surface area contributed by atoms with Crippen LogP contribution in [0, 0.1) is 0 Å². The van der Waals surface area contributed by atoms with Crippen LogP contribution in [0.3, 0.4) is 0 Å². The molecule has 0 spiro atoms. The fraction of sp³-hybridized carbons (Fsp3) is 0.918. The van der Waals surface area contributed by atoms with Crippen LogP contribution in [0.4, 0.5) is 0 Å². The molecule has 492 valence electrons. The predicted molar refractivity (Wildman–Crippen MR) is 358 cm³/mol. The molecule has 9 nitrogen and oxygen atoms in total. The fourth-order valence-electron chi connectivity index (χ4n) is 11.2. The number of phosphoric ester groups is 1.